The van der Waals surface area contributed by atoms with Crippen molar-refractivity contribution < 1.29 is 28.7 Å². The number of carbonyl (C=O) groups excluding carboxylic acids is 4. The average molecular weight is 651 g/mol. The van der Waals surface area contributed by atoms with Crippen molar-refractivity contribution in [3.8, 4) is 5.75 Å². The van der Waals surface area contributed by atoms with Gasteiger partial charge in [0.25, 0.3) is 0 Å². The van der Waals surface area contributed by atoms with Crippen LogP contribution in [0.4, 0.5) is 10.5 Å². The third-order valence-electron chi connectivity index (χ3n) is 7.59. The zero-order chi connectivity index (χ0) is 34.1. The minimum Gasteiger partial charge on any atom is -0.489 e. The van der Waals surface area contributed by atoms with Crippen LogP contribution in [0.25, 0.3) is 0 Å². The Morgan fingerprint density at radius 3 is 1.98 bits per heavy atom. The Labute approximate surface area is 281 Å². The second kappa shape index (κ2) is 18.5. The van der Waals surface area contributed by atoms with Gasteiger partial charge in [0.1, 0.15) is 31.0 Å². The lowest BCUT2D eigenvalue weighted by molar-refractivity contribution is -0.127. The molecule has 0 heterocycles. The molecule has 0 aliphatic carbocycles. The first-order valence-electron chi connectivity index (χ1n) is 15.9. The fourth-order valence-corrected chi connectivity index (χ4v) is 4.86. The second-order valence-electron chi connectivity index (χ2n) is 11.3. The Morgan fingerprint density at radius 1 is 0.688 bits per heavy atom. The Bertz CT molecular complexity index is 1630. The molecule has 0 saturated heterocycles. The summed E-state index contributed by atoms with van der Waals surface area (Å²) in [7, 11) is 1.60. The van der Waals surface area contributed by atoms with Gasteiger partial charge in [0.2, 0.25) is 17.7 Å². The molecule has 10 nitrogen and oxygen atoms in total. The molecule has 0 aromatic heterocycles. The van der Waals surface area contributed by atoms with Gasteiger partial charge in [-0.3, -0.25) is 14.4 Å². The van der Waals surface area contributed by atoms with Crippen LogP contribution in [-0.4, -0.2) is 42.9 Å². The number of anilines is 1. The Balaban J connectivity index is 1.39. The van der Waals surface area contributed by atoms with Crippen LogP contribution in [-0.2, 0) is 45.2 Å². The van der Waals surface area contributed by atoms with Gasteiger partial charge in [-0.05, 0) is 60.2 Å². The number of alkyl carbamates (subject to hydrolysis) is 1. The van der Waals surface area contributed by atoms with Gasteiger partial charge in [0.15, 0.2) is 0 Å². The zero-order valence-electron chi connectivity index (χ0n) is 27.2. The van der Waals surface area contributed by atoms with Gasteiger partial charge in [-0.15, -0.1) is 0 Å². The van der Waals surface area contributed by atoms with Crippen LogP contribution in [0.5, 0.6) is 5.75 Å². The maximum absolute atomic E-state index is 13.5. The van der Waals surface area contributed by atoms with Crippen LogP contribution in [0.2, 0.25) is 0 Å². The van der Waals surface area contributed by atoms with Crippen molar-refractivity contribution in [2.75, 3.05) is 12.4 Å². The van der Waals surface area contributed by atoms with Gasteiger partial charge in [0, 0.05) is 25.6 Å². The highest BCUT2D eigenvalue weighted by Crippen LogP contribution is 2.19. The Kier molecular flexibility index (Phi) is 13.6. The molecule has 4 amide bonds. The number of hydrogen-bond acceptors (Lipinski definition) is 6. The second-order valence-corrected chi connectivity index (χ2v) is 11.3. The van der Waals surface area contributed by atoms with E-state index in [-0.39, 0.29) is 18.9 Å². The van der Waals surface area contributed by atoms with Crippen molar-refractivity contribution in [3.63, 3.8) is 0 Å². The third-order valence-corrected chi connectivity index (χ3v) is 7.59. The summed E-state index contributed by atoms with van der Waals surface area (Å²) in [5.41, 5.74) is 4.10. The summed E-state index contributed by atoms with van der Waals surface area (Å²) in [6.45, 7) is 2.03. The van der Waals surface area contributed by atoms with Gasteiger partial charge in [0.05, 0.1) is 0 Å². The Hall–Kier alpha value is -5.64. The highest BCUT2D eigenvalue weighted by atomic mass is 16.5. The summed E-state index contributed by atoms with van der Waals surface area (Å²) < 4.78 is 11.3. The summed E-state index contributed by atoms with van der Waals surface area (Å²) in [5, 5.41) is 10.9. The molecular formula is C38H42N4O6. The minimum atomic E-state index is -1.03. The van der Waals surface area contributed by atoms with E-state index in [1.54, 1.807) is 26.1 Å². The molecule has 4 aromatic rings. The lowest BCUT2D eigenvalue weighted by Gasteiger charge is -2.22. The van der Waals surface area contributed by atoms with E-state index in [9.17, 15) is 19.2 Å². The van der Waals surface area contributed by atoms with Crippen molar-refractivity contribution in [2.24, 2.45) is 0 Å². The first-order valence-corrected chi connectivity index (χ1v) is 15.9. The smallest absolute Gasteiger partial charge is 0.408 e. The minimum absolute atomic E-state index is 0.0375. The highest BCUT2D eigenvalue weighted by Gasteiger charge is 2.26. The molecule has 4 N–H and O–H groups in total. The largest absolute Gasteiger partial charge is 0.489 e. The monoisotopic (exact) mass is 650 g/mol. The molecule has 0 bridgehead atoms. The van der Waals surface area contributed by atoms with Crippen LogP contribution < -0.4 is 26.0 Å². The lowest BCUT2D eigenvalue weighted by atomic mass is 10.0. The summed E-state index contributed by atoms with van der Waals surface area (Å²) in [5.74, 6) is -0.352. The summed E-state index contributed by atoms with van der Waals surface area (Å²) in [6, 6.07) is 31.7. The first-order chi connectivity index (χ1) is 23.3. The number of hydrogen-bond donors (Lipinski definition) is 4. The van der Waals surface area contributed by atoms with E-state index in [4.69, 9.17) is 9.47 Å². The molecule has 10 heteroatoms. The van der Waals surface area contributed by atoms with Crippen molar-refractivity contribution in [3.05, 3.63) is 131 Å². The van der Waals surface area contributed by atoms with Crippen molar-refractivity contribution in [2.45, 2.75) is 57.9 Å². The molecule has 0 spiro atoms. The summed E-state index contributed by atoms with van der Waals surface area (Å²) >= 11 is 0. The van der Waals surface area contributed by atoms with E-state index < -0.39 is 30.0 Å². The molecule has 0 unspecified atom stereocenters. The number of rotatable bonds is 16. The van der Waals surface area contributed by atoms with Gasteiger partial charge in [-0.25, -0.2) is 4.79 Å². The van der Waals surface area contributed by atoms with E-state index in [0.717, 1.165) is 22.3 Å². The van der Waals surface area contributed by atoms with Gasteiger partial charge in [-0.2, -0.15) is 0 Å². The quantitative estimate of drug-likeness (QED) is 0.130. The van der Waals surface area contributed by atoms with Crippen LogP contribution in [0.3, 0.4) is 0 Å². The molecule has 0 aliphatic heterocycles. The molecule has 2 atom stereocenters. The van der Waals surface area contributed by atoms with Crippen LogP contribution >= 0.6 is 0 Å². The Morgan fingerprint density at radius 2 is 1.31 bits per heavy atom. The number of carbonyl (C=O) groups is 4. The van der Waals surface area contributed by atoms with Crippen molar-refractivity contribution >= 4 is 29.5 Å². The summed E-state index contributed by atoms with van der Waals surface area (Å²) in [4.78, 5) is 51.1. The van der Waals surface area contributed by atoms with E-state index in [0.29, 0.717) is 37.3 Å². The lowest BCUT2D eigenvalue weighted by Crippen LogP contribution is -2.52. The van der Waals surface area contributed by atoms with Gasteiger partial charge in [-0.1, -0.05) is 91.0 Å². The SMILES string of the molecule is CNC(=O)CCCc1ccccc1NC(=O)[C@@H](C)NC(=O)[C@H](Cc1ccc(OCc2ccccc2)cc1)NC(=O)OCc1ccccc1. The molecule has 0 fully saturated rings. The first kappa shape index (κ1) is 35.2. The number of aryl methyl sites for hydroxylation is 1. The standard InChI is InChI=1S/C38H42N4O6/c1-27(36(44)41-33-18-10-9-16-31(33)17-11-19-35(43)39-2)40-37(45)34(42-38(46)48-26-30-14-7-4-8-15-30)24-28-20-22-32(23-21-28)47-25-29-12-5-3-6-13-29/h3-10,12-16,18,20-23,27,34H,11,17,19,24-26H2,1-2H3,(H,39,43)(H,40,45)(H,41,44)(H,42,46)/t27-,34+/m1/s1. The van der Waals surface area contributed by atoms with Crippen molar-refractivity contribution in [1.82, 2.24) is 16.0 Å². The number of benzene rings is 4. The molecule has 4 rings (SSSR count). The van der Waals surface area contributed by atoms with Crippen molar-refractivity contribution in [1.29, 1.82) is 0 Å². The molecule has 0 saturated carbocycles. The summed E-state index contributed by atoms with van der Waals surface area (Å²) in [6.07, 6.45) is 0.972. The van der Waals surface area contributed by atoms with E-state index >= 15 is 0 Å². The number of amides is 4. The van der Waals surface area contributed by atoms with Gasteiger partial charge < -0.3 is 30.7 Å². The topological polar surface area (TPSA) is 135 Å². The maximum atomic E-state index is 13.5. The average Bonchev–Trinajstić information content (AvgIpc) is 3.11. The van der Waals surface area contributed by atoms with Crippen LogP contribution in [0.15, 0.2) is 109 Å². The predicted molar refractivity (Wildman–Crippen MR) is 184 cm³/mol. The molecule has 48 heavy (non-hydrogen) atoms. The third kappa shape index (κ3) is 11.6. The van der Waals surface area contributed by atoms with E-state index in [1.165, 1.54) is 0 Å². The van der Waals surface area contributed by atoms with Gasteiger partial charge >= 0.3 is 6.09 Å². The fraction of sp³-hybridized carbons (Fsp3) is 0.263. The van der Waals surface area contributed by atoms with E-state index in [1.807, 2.05) is 97.1 Å². The molecule has 0 radical (unpaired) electrons. The molecule has 0 aliphatic rings. The zero-order valence-corrected chi connectivity index (χ0v) is 27.2. The number of ether oxygens (including phenoxy) is 2. The number of para-hydroxylation sites is 1. The predicted octanol–water partition coefficient (Wildman–Crippen LogP) is 5.32. The normalized spacial score (nSPS) is 11.8. The van der Waals surface area contributed by atoms with Crippen LogP contribution in [0.1, 0.15) is 42.0 Å². The highest BCUT2D eigenvalue weighted by molar-refractivity contribution is 5.98. The molecule has 250 valence electrons. The molecule has 4 aromatic carbocycles. The van der Waals surface area contributed by atoms with E-state index in [2.05, 4.69) is 21.3 Å². The number of nitrogens with one attached hydrogen (secondary N) is 4. The fourth-order valence-electron chi connectivity index (χ4n) is 4.86. The maximum Gasteiger partial charge on any atom is 0.408 e. The van der Waals surface area contributed by atoms with Crippen LogP contribution in [0, 0.1) is 0 Å². The molecular weight excluding hydrogens is 608 g/mol.